The van der Waals surface area contributed by atoms with Crippen LogP contribution >= 0.6 is 0 Å². The second-order valence-corrected chi connectivity index (χ2v) is 9.23. The number of rotatable bonds is 5. The number of fused-ring (bicyclic) bond motifs is 2. The predicted octanol–water partition coefficient (Wildman–Crippen LogP) is 4.29. The van der Waals surface area contributed by atoms with Crippen molar-refractivity contribution in [2.75, 3.05) is 11.9 Å². The van der Waals surface area contributed by atoms with Gasteiger partial charge in [-0.05, 0) is 69.0 Å². The highest BCUT2D eigenvalue weighted by Gasteiger charge is 2.24. The van der Waals surface area contributed by atoms with Crippen LogP contribution in [0.2, 0.25) is 0 Å². The number of pyridine rings is 1. The van der Waals surface area contributed by atoms with Gasteiger partial charge < -0.3 is 15.2 Å². The second-order valence-electron chi connectivity index (χ2n) is 9.23. The Morgan fingerprint density at radius 3 is 2.84 bits per heavy atom. The minimum Gasteiger partial charge on any atom is -0.349 e. The third kappa shape index (κ3) is 3.24. The number of nitrogens with zero attached hydrogens (tertiary/aromatic N) is 4. The molecule has 0 amide bonds. The smallest absolute Gasteiger partial charge is 0.276 e. The monoisotopic (exact) mass is 428 g/mol. The molecule has 0 bridgehead atoms. The lowest BCUT2D eigenvalue weighted by molar-refractivity contribution is 0.477. The van der Waals surface area contributed by atoms with Gasteiger partial charge in [-0.15, -0.1) is 0 Å². The molecule has 4 aromatic rings. The molecule has 6 rings (SSSR count). The van der Waals surface area contributed by atoms with E-state index in [1.165, 1.54) is 24.0 Å². The summed E-state index contributed by atoms with van der Waals surface area (Å²) in [5.74, 6) is 0.739. The maximum Gasteiger partial charge on any atom is 0.276 e. The molecule has 1 saturated carbocycles. The van der Waals surface area contributed by atoms with Crippen molar-refractivity contribution in [3.8, 4) is 5.69 Å². The molecule has 1 aromatic carbocycles. The molecule has 1 aliphatic heterocycles. The van der Waals surface area contributed by atoms with Crippen LogP contribution in [0.3, 0.4) is 0 Å². The number of benzene rings is 1. The average Bonchev–Trinajstić information content (AvgIpc) is 3.46. The quantitative estimate of drug-likeness (QED) is 0.497. The minimum atomic E-state index is -0.00509. The molecular weight excluding hydrogens is 400 g/mol. The fourth-order valence-corrected chi connectivity index (χ4v) is 4.74. The summed E-state index contributed by atoms with van der Waals surface area (Å²) < 4.78 is 6.14. The number of anilines is 2. The van der Waals surface area contributed by atoms with E-state index in [1.54, 1.807) is 6.20 Å². The summed E-state index contributed by atoms with van der Waals surface area (Å²) >= 11 is 0. The van der Waals surface area contributed by atoms with Gasteiger partial charge in [-0.3, -0.25) is 4.79 Å². The van der Waals surface area contributed by atoms with Gasteiger partial charge in [0.15, 0.2) is 0 Å². The first-order valence-corrected chi connectivity index (χ1v) is 11.5. The zero-order chi connectivity index (χ0) is 21.8. The van der Waals surface area contributed by atoms with Crippen molar-refractivity contribution in [3.63, 3.8) is 0 Å². The van der Waals surface area contributed by atoms with Gasteiger partial charge in [0.2, 0.25) is 0 Å². The van der Waals surface area contributed by atoms with Gasteiger partial charge in [0, 0.05) is 49.0 Å². The molecule has 3 aromatic heterocycles. The van der Waals surface area contributed by atoms with Gasteiger partial charge >= 0.3 is 0 Å². The maximum absolute atomic E-state index is 13.2. The maximum atomic E-state index is 13.2. The first-order chi connectivity index (χ1) is 15.6. The van der Waals surface area contributed by atoms with E-state index in [-0.39, 0.29) is 11.6 Å². The highest BCUT2D eigenvalue weighted by atomic mass is 16.1. The van der Waals surface area contributed by atoms with Crippen LogP contribution in [0, 0.1) is 0 Å². The van der Waals surface area contributed by atoms with E-state index in [2.05, 4.69) is 56.8 Å². The first kappa shape index (κ1) is 19.4. The van der Waals surface area contributed by atoms with E-state index in [0.717, 1.165) is 42.2 Å². The normalized spacial score (nSPS) is 16.0. The fourth-order valence-electron chi connectivity index (χ4n) is 4.74. The Labute approximate surface area is 186 Å². The van der Waals surface area contributed by atoms with E-state index < -0.39 is 0 Å². The van der Waals surface area contributed by atoms with Gasteiger partial charge in [0.05, 0.1) is 16.6 Å². The molecule has 1 aliphatic carbocycles. The Balaban J connectivity index is 1.44. The fraction of sp³-hybridized carbons (Fsp3) is 0.360. The SMILES string of the molecule is CC(C)n1c(=O)c2cnc(Nc3ccc4c(c3)CCNC4)cc2n1-c1ccn(C2CC2)c1. The Hall–Kier alpha value is -3.32. The molecule has 4 heterocycles. The predicted molar refractivity (Wildman–Crippen MR) is 127 cm³/mol. The summed E-state index contributed by atoms with van der Waals surface area (Å²) in [5.41, 5.74) is 5.63. The number of hydrogen-bond acceptors (Lipinski definition) is 4. The third-order valence-corrected chi connectivity index (χ3v) is 6.53. The van der Waals surface area contributed by atoms with Crippen LogP contribution in [0.1, 0.15) is 49.9 Å². The van der Waals surface area contributed by atoms with Gasteiger partial charge in [-0.2, -0.15) is 0 Å². The Morgan fingerprint density at radius 1 is 1.16 bits per heavy atom. The molecule has 7 heteroatoms. The summed E-state index contributed by atoms with van der Waals surface area (Å²) in [6, 6.07) is 11.2. The zero-order valence-corrected chi connectivity index (χ0v) is 18.5. The summed E-state index contributed by atoms with van der Waals surface area (Å²) in [5, 5.41) is 7.51. The lowest BCUT2D eigenvalue weighted by atomic mass is 10.0. The third-order valence-electron chi connectivity index (χ3n) is 6.53. The van der Waals surface area contributed by atoms with E-state index in [9.17, 15) is 4.79 Å². The lowest BCUT2D eigenvalue weighted by Crippen LogP contribution is -2.23. The van der Waals surface area contributed by atoms with Crippen LogP contribution in [-0.4, -0.2) is 25.5 Å². The number of aromatic nitrogens is 4. The van der Waals surface area contributed by atoms with Crippen molar-refractivity contribution in [3.05, 3.63) is 70.4 Å². The van der Waals surface area contributed by atoms with Gasteiger partial charge in [0.1, 0.15) is 5.82 Å². The Bertz CT molecular complexity index is 1370. The van der Waals surface area contributed by atoms with Gasteiger partial charge in [-0.1, -0.05) is 6.07 Å². The highest BCUT2D eigenvalue weighted by Crippen LogP contribution is 2.36. The Kier molecular flexibility index (Phi) is 4.47. The van der Waals surface area contributed by atoms with Crippen LogP contribution in [-0.2, 0) is 13.0 Å². The van der Waals surface area contributed by atoms with Crippen molar-refractivity contribution < 1.29 is 0 Å². The van der Waals surface area contributed by atoms with Crippen LogP contribution in [0.5, 0.6) is 0 Å². The largest absolute Gasteiger partial charge is 0.349 e. The van der Waals surface area contributed by atoms with Crippen molar-refractivity contribution in [1.82, 2.24) is 24.2 Å². The molecule has 0 saturated heterocycles. The van der Waals surface area contributed by atoms with Gasteiger partial charge in [-0.25, -0.2) is 14.3 Å². The molecule has 0 atom stereocenters. The van der Waals surface area contributed by atoms with Gasteiger partial charge in [0.25, 0.3) is 5.56 Å². The molecule has 2 aliphatic rings. The average molecular weight is 429 g/mol. The van der Waals surface area contributed by atoms with Crippen molar-refractivity contribution in [2.24, 2.45) is 0 Å². The van der Waals surface area contributed by atoms with E-state index in [1.807, 2.05) is 29.3 Å². The zero-order valence-electron chi connectivity index (χ0n) is 18.5. The van der Waals surface area contributed by atoms with E-state index >= 15 is 0 Å². The highest BCUT2D eigenvalue weighted by molar-refractivity contribution is 5.82. The number of nitrogens with one attached hydrogen (secondary N) is 2. The van der Waals surface area contributed by atoms with Crippen LogP contribution in [0.15, 0.2) is 53.7 Å². The molecule has 0 radical (unpaired) electrons. The molecule has 0 spiro atoms. The van der Waals surface area contributed by atoms with E-state index in [0.29, 0.717) is 11.4 Å². The molecule has 1 fully saturated rings. The van der Waals surface area contributed by atoms with Crippen molar-refractivity contribution in [1.29, 1.82) is 0 Å². The Morgan fingerprint density at radius 2 is 2.03 bits per heavy atom. The lowest BCUT2D eigenvalue weighted by Gasteiger charge is -2.18. The standard InChI is InChI=1S/C25H28N6O/c1-16(2)30-25(32)22-14-27-24(28-19-4-3-18-13-26-9-7-17(18)11-19)12-23(22)31(30)21-8-10-29(15-21)20-5-6-20/h3-4,8,10-12,14-16,20,26H,5-7,9,13H2,1-2H3,(H,27,28). The summed E-state index contributed by atoms with van der Waals surface area (Å²) in [6.45, 7) is 6.03. The molecule has 0 unspecified atom stereocenters. The van der Waals surface area contributed by atoms with Crippen LogP contribution in [0.25, 0.3) is 16.6 Å². The topological polar surface area (TPSA) is 68.8 Å². The molecule has 164 valence electrons. The second kappa shape index (κ2) is 7.38. The van der Waals surface area contributed by atoms with Crippen molar-refractivity contribution in [2.45, 2.75) is 51.7 Å². The number of hydrogen-bond donors (Lipinski definition) is 2. The molecule has 32 heavy (non-hydrogen) atoms. The van der Waals surface area contributed by atoms with Crippen molar-refractivity contribution >= 4 is 22.4 Å². The molecular formula is C25H28N6O. The molecule has 2 N–H and O–H groups in total. The summed E-state index contributed by atoms with van der Waals surface area (Å²) in [4.78, 5) is 17.8. The summed E-state index contributed by atoms with van der Waals surface area (Å²) in [7, 11) is 0. The minimum absolute atomic E-state index is 0.00509. The first-order valence-electron chi connectivity index (χ1n) is 11.5. The van der Waals surface area contributed by atoms with Crippen LogP contribution in [0.4, 0.5) is 11.5 Å². The molecule has 7 nitrogen and oxygen atoms in total. The van der Waals surface area contributed by atoms with Crippen LogP contribution < -0.4 is 16.2 Å². The summed E-state index contributed by atoms with van der Waals surface area (Å²) in [6.07, 6.45) is 9.47. The van der Waals surface area contributed by atoms with E-state index in [4.69, 9.17) is 0 Å².